The highest BCUT2D eigenvalue weighted by molar-refractivity contribution is 8.00. The van der Waals surface area contributed by atoms with Crippen LogP contribution in [0, 0.1) is 6.92 Å². The molecule has 0 fully saturated rings. The van der Waals surface area contributed by atoms with E-state index in [0.29, 0.717) is 28.5 Å². The molecular formula is C20H22N2O4S. The molecule has 6 nitrogen and oxygen atoms in total. The van der Waals surface area contributed by atoms with Crippen LogP contribution < -0.4 is 14.2 Å². The summed E-state index contributed by atoms with van der Waals surface area (Å²) in [6, 6.07) is 12.9. The average Bonchev–Trinajstić information content (AvgIpc) is 2.88. The minimum Gasteiger partial charge on any atom is -0.493 e. The SMILES string of the molecule is COc1cccc(CN=C2NS(=O)(=O)C(c3ccc(C)cc3)=C2C)c1OC. The van der Waals surface area contributed by atoms with Crippen LogP contribution in [0.2, 0.25) is 0 Å². The van der Waals surface area contributed by atoms with Gasteiger partial charge < -0.3 is 9.47 Å². The molecule has 0 saturated carbocycles. The zero-order valence-electron chi connectivity index (χ0n) is 15.7. The van der Waals surface area contributed by atoms with E-state index in [1.807, 2.05) is 31.2 Å². The first-order valence-corrected chi connectivity index (χ1v) is 9.91. The topological polar surface area (TPSA) is 77.0 Å². The molecular weight excluding hydrogens is 364 g/mol. The number of ether oxygens (including phenoxy) is 2. The number of hydrogen-bond donors (Lipinski definition) is 1. The van der Waals surface area contributed by atoms with Gasteiger partial charge in [-0.2, -0.15) is 0 Å². The number of methoxy groups -OCH3 is 2. The summed E-state index contributed by atoms with van der Waals surface area (Å²) in [7, 11) is -0.510. The van der Waals surface area contributed by atoms with E-state index in [1.54, 1.807) is 39.3 Å². The predicted molar refractivity (Wildman–Crippen MR) is 107 cm³/mol. The Bertz CT molecular complexity index is 1020. The van der Waals surface area contributed by atoms with Gasteiger partial charge in [0, 0.05) is 11.1 Å². The standard InChI is InChI=1S/C20H22N2O4S/c1-13-8-10-15(11-9-13)19-14(2)20(22-27(19,23)24)21-12-16-6-5-7-17(25-3)18(16)26-4/h5-11H,12H2,1-4H3,(H,21,22). The molecule has 7 heteroatoms. The Hall–Kier alpha value is -2.80. The van der Waals surface area contributed by atoms with Crippen molar-refractivity contribution in [3.63, 3.8) is 0 Å². The van der Waals surface area contributed by atoms with Crippen molar-refractivity contribution in [3.05, 3.63) is 64.7 Å². The highest BCUT2D eigenvalue weighted by Crippen LogP contribution is 2.33. The molecule has 0 amide bonds. The van der Waals surface area contributed by atoms with Gasteiger partial charge in [-0.25, -0.2) is 8.42 Å². The number of nitrogens with one attached hydrogen (secondary N) is 1. The van der Waals surface area contributed by atoms with Crippen LogP contribution >= 0.6 is 0 Å². The molecule has 0 unspecified atom stereocenters. The second kappa shape index (κ2) is 7.44. The number of hydrogen-bond acceptors (Lipinski definition) is 5. The van der Waals surface area contributed by atoms with E-state index < -0.39 is 10.0 Å². The van der Waals surface area contributed by atoms with Crippen molar-refractivity contribution in [2.45, 2.75) is 20.4 Å². The Labute approximate surface area is 159 Å². The maximum Gasteiger partial charge on any atom is 0.264 e. The largest absolute Gasteiger partial charge is 0.493 e. The van der Waals surface area contributed by atoms with Crippen molar-refractivity contribution >= 4 is 20.8 Å². The molecule has 0 aromatic heterocycles. The second-order valence-corrected chi connectivity index (χ2v) is 7.86. The van der Waals surface area contributed by atoms with Gasteiger partial charge in [0.15, 0.2) is 11.5 Å². The van der Waals surface area contributed by atoms with Crippen LogP contribution in [-0.4, -0.2) is 28.5 Å². The molecule has 27 heavy (non-hydrogen) atoms. The van der Waals surface area contributed by atoms with Crippen LogP contribution in [-0.2, 0) is 16.6 Å². The number of nitrogens with zero attached hydrogens (tertiary/aromatic N) is 1. The third-order valence-corrected chi connectivity index (χ3v) is 5.94. The van der Waals surface area contributed by atoms with E-state index >= 15 is 0 Å². The first-order valence-electron chi connectivity index (χ1n) is 8.43. The number of benzene rings is 2. The predicted octanol–water partition coefficient (Wildman–Crippen LogP) is 3.27. The molecule has 0 aliphatic carbocycles. The maximum absolute atomic E-state index is 12.6. The summed E-state index contributed by atoms with van der Waals surface area (Å²) >= 11 is 0. The minimum absolute atomic E-state index is 0.261. The summed E-state index contributed by atoms with van der Waals surface area (Å²) < 4.78 is 38.5. The van der Waals surface area contributed by atoms with E-state index in [9.17, 15) is 8.42 Å². The van der Waals surface area contributed by atoms with Crippen LogP contribution in [0.1, 0.15) is 23.6 Å². The van der Waals surface area contributed by atoms with E-state index in [1.165, 1.54) is 0 Å². The summed E-state index contributed by atoms with van der Waals surface area (Å²) in [6.45, 7) is 3.98. The highest BCUT2D eigenvalue weighted by Gasteiger charge is 2.32. The molecule has 1 aliphatic heterocycles. The third kappa shape index (κ3) is 3.68. The number of aryl methyl sites for hydroxylation is 1. The number of rotatable bonds is 5. The summed E-state index contributed by atoms with van der Waals surface area (Å²) in [5, 5.41) is 0. The fourth-order valence-corrected chi connectivity index (χ4v) is 4.55. The maximum atomic E-state index is 12.6. The Morgan fingerprint density at radius 3 is 2.33 bits per heavy atom. The number of amidine groups is 1. The lowest BCUT2D eigenvalue weighted by molar-refractivity contribution is 0.352. The van der Waals surface area contributed by atoms with Gasteiger partial charge in [-0.15, -0.1) is 0 Å². The fraction of sp³-hybridized carbons (Fsp3) is 0.250. The number of sulfonamides is 1. The normalized spacial score (nSPS) is 17.1. The van der Waals surface area contributed by atoms with Crippen LogP contribution in [0.25, 0.3) is 4.91 Å². The average molecular weight is 386 g/mol. The van der Waals surface area contributed by atoms with E-state index in [-0.39, 0.29) is 11.4 Å². The zero-order chi connectivity index (χ0) is 19.6. The van der Waals surface area contributed by atoms with Gasteiger partial charge >= 0.3 is 0 Å². The molecule has 1 N–H and O–H groups in total. The van der Waals surface area contributed by atoms with E-state index in [4.69, 9.17) is 9.47 Å². The summed E-state index contributed by atoms with van der Waals surface area (Å²) in [4.78, 5) is 4.74. The van der Waals surface area contributed by atoms with Crippen molar-refractivity contribution < 1.29 is 17.9 Å². The van der Waals surface area contributed by atoms with E-state index in [2.05, 4.69) is 9.71 Å². The molecule has 0 spiro atoms. The van der Waals surface area contributed by atoms with Gasteiger partial charge in [0.1, 0.15) is 10.7 Å². The van der Waals surface area contributed by atoms with E-state index in [0.717, 1.165) is 11.1 Å². The highest BCUT2D eigenvalue weighted by atomic mass is 32.2. The number of para-hydroxylation sites is 1. The van der Waals surface area contributed by atoms with Gasteiger partial charge in [0.25, 0.3) is 10.0 Å². The summed E-state index contributed by atoms with van der Waals surface area (Å²) in [6.07, 6.45) is 0. The molecule has 0 radical (unpaired) electrons. The summed E-state index contributed by atoms with van der Waals surface area (Å²) in [5.74, 6) is 1.54. The molecule has 1 aliphatic rings. The van der Waals surface area contributed by atoms with Crippen molar-refractivity contribution in [2.75, 3.05) is 14.2 Å². The van der Waals surface area contributed by atoms with Crippen molar-refractivity contribution in [3.8, 4) is 11.5 Å². The fourth-order valence-electron chi connectivity index (χ4n) is 3.03. The number of aliphatic imine (C=N–C) groups is 1. The van der Waals surface area contributed by atoms with Crippen molar-refractivity contribution in [1.82, 2.24) is 4.72 Å². The zero-order valence-corrected chi connectivity index (χ0v) is 16.6. The third-order valence-electron chi connectivity index (χ3n) is 4.40. The molecule has 1 heterocycles. The molecule has 3 rings (SSSR count). The quantitative estimate of drug-likeness (QED) is 0.856. The molecule has 0 atom stereocenters. The Balaban J connectivity index is 1.98. The van der Waals surface area contributed by atoms with Gasteiger partial charge in [-0.05, 0) is 25.5 Å². The lowest BCUT2D eigenvalue weighted by Gasteiger charge is -2.11. The van der Waals surface area contributed by atoms with Gasteiger partial charge in [-0.3, -0.25) is 9.71 Å². The molecule has 142 valence electrons. The minimum atomic E-state index is -3.64. The van der Waals surface area contributed by atoms with Crippen LogP contribution in [0.3, 0.4) is 0 Å². The first-order chi connectivity index (χ1) is 12.9. The van der Waals surface area contributed by atoms with Gasteiger partial charge in [0.2, 0.25) is 0 Å². The first kappa shape index (κ1) is 19.0. The lowest BCUT2D eigenvalue weighted by Crippen LogP contribution is -2.23. The molecule has 2 aromatic carbocycles. The monoisotopic (exact) mass is 386 g/mol. The van der Waals surface area contributed by atoms with Crippen LogP contribution in [0.4, 0.5) is 0 Å². The molecule has 0 bridgehead atoms. The van der Waals surface area contributed by atoms with Crippen molar-refractivity contribution in [2.24, 2.45) is 4.99 Å². The summed E-state index contributed by atoms with van der Waals surface area (Å²) in [5.41, 5.74) is 3.12. The van der Waals surface area contributed by atoms with Gasteiger partial charge in [-0.1, -0.05) is 42.0 Å². The molecule has 0 saturated heterocycles. The van der Waals surface area contributed by atoms with Crippen LogP contribution in [0.5, 0.6) is 11.5 Å². The van der Waals surface area contributed by atoms with Crippen LogP contribution in [0.15, 0.2) is 53.0 Å². The second-order valence-electron chi connectivity index (χ2n) is 6.24. The Morgan fingerprint density at radius 2 is 1.70 bits per heavy atom. The smallest absolute Gasteiger partial charge is 0.264 e. The lowest BCUT2D eigenvalue weighted by atomic mass is 10.1. The Kier molecular flexibility index (Phi) is 5.23. The van der Waals surface area contributed by atoms with Crippen molar-refractivity contribution in [1.29, 1.82) is 0 Å². The molecule has 2 aromatic rings. The van der Waals surface area contributed by atoms with Gasteiger partial charge in [0.05, 0.1) is 20.8 Å². The Morgan fingerprint density at radius 1 is 1.00 bits per heavy atom.